The first-order valence-corrected chi connectivity index (χ1v) is 10.4. The van der Waals surface area contributed by atoms with E-state index < -0.39 is 0 Å². The molecular formula is C22H42O4. The van der Waals surface area contributed by atoms with Gasteiger partial charge in [-0.15, -0.1) is 0 Å². The standard InChI is InChI=1S/C22H42O4/c1-15(2)13-19(17(5)6)25-21(23)11-9-10-12-22(24)26-20(18(7)8)14-16(3)4/h15-20H,9-14H2,1-8H3. The smallest absolute Gasteiger partial charge is 0.306 e. The fourth-order valence-corrected chi connectivity index (χ4v) is 2.84. The van der Waals surface area contributed by atoms with E-state index in [4.69, 9.17) is 9.47 Å². The Morgan fingerprint density at radius 2 is 0.923 bits per heavy atom. The lowest BCUT2D eigenvalue weighted by Crippen LogP contribution is -2.26. The summed E-state index contributed by atoms with van der Waals surface area (Å²) in [5.41, 5.74) is 0. The van der Waals surface area contributed by atoms with Crippen molar-refractivity contribution >= 4 is 11.9 Å². The van der Waals surface area contributed by atoms with Crippen LogP contribution in [0, 0.1) is 23.7 Å². The van der Waals surface area contributed by atoms with Gasteiger partial charge in [-0.05, 0) is 49.4 Å². The minimum absolute atomic E-state index is 0.0182. The van der Waals surface area contributed by atoms with Gasteiger partial charge in [-0.3, -0.25) is 9.59 Å². The Kier molecular flexibility index (Phi) is 12.6. The Labute approximate surface area is 161 Å². The van der Waals surface area contributed by atoms with Crippen molar-refractivity contribution in [1.29, 1.82) is 0 Å². The normalized spacial score (nSPS) is 14.2. The summed E-state index contributed by atoms with van der Waals surface area (Å²) in [4.78, 5) is 24.1. The molecule has 0 aromatic rings. The quantitative estimate of drug-likeness (QED) is 0.305. The van der Waals surface area contributed by atoms with Crippen LogP contribution >= 0.6 is 0 Å². The number of rotatable bonds is 13. The molecule has 0 aromatic carbocycles. The molecule has 0 amide bonds. The highest BCUT2D eigenvalue weighted by Gasteiger charge is 2.21. The number of esters is 2. The zero-order valence-corrected chi connectivity index (χ0v) is 18.3. The molecule has 0 aliphatic carbocycles. The molecule has 26 heavy (non-hydrogen) atoms. The van der Waals surface area contributed by atoms with E-state index in [1.54, 1.807) is 0 Å². The number of hydrogen-bond acceptors (Lipinski definition) is 4. The van der Waals surface area contributed by atoms with E-state index in [1.165, 1.54) is 0 Å². The summed E-state index contributed by atoms with van der Waals surface area (Å²) in [6.45, 7) is 16.9. The molecular weight excluding hydrogens is 328 g/mol. The summed E-state index contributed by atoms with van der Waals surface area (Å²) in [5, 5.41) is 0. The van der Waals surface area contributed by atoms with Crippen LogP contribution in [0.25, 0.3) is 0 Å². The fourth-order valence-electron chi connectivity index (χ4n) is 2.84. The second-order valence-corrected chi connectivity index (χ2v) is 9.01. The number of carbonyl (C=O) groups is 2. The molecule has 0 saturated heterocycles. The van der Waals surface area contributed by atoms with Crippen molar-refractivity contribution in [3.05, 3.63) is 0 Å². The predicted molar refractivity (Wildman–Crippen MR) is 107 cm³/mol. The molecule has 0 aromatic heterocycles. The lowest BCUT2D eigenvalue weighted by molar-refractivity contribution is -0.154. The molecule has 0 N–H and O–H groups in total. The first-order valence-electron chi connectivity index (χ1n) is 10.4. The van der Waals surface area contributed by atoms with Crippen LogP contribution in [0.2, 0.25) is 0 Å². The lowest BCUT2D eigenvalue weighted by Gasteiger charge is -2.23. The molecule has 2 unspecified atom stereocenters. The molecule has 0 saturated carbocycles. The van der Waals surface area contributed by atoms with Crippen molar-refractivity contribution in [3.63, 3.8) is 0 Å². The molecule has 2 atom stereocenters. The maximum absolute atomic E-state index is 12.0. The van der Waals surface area contributed by atoms with Gasteiger partial charge in [0.15, 0.2) is 0 Å². The first kappa shape index (κ1) is 24.9. The van der Waals surface area contributed by atoms with Gasteiger partial charge >= 0.3 is 11.9 Å². The second-order valence-electron chi connectivity index (χ2n) is 9.01. The summed E-state index contributed by atoms with van der Waals surface area (Å²) in [7, 11) is 0. The molecule has 0 heterocycles. The van der Waals surface area contributed by atoms with E-state index in [2.05, 4.69) is 55.4 Å². The van der Waals surface area contributed by atoms with Gasteiger partial charge < -0.3 is 9.47 Å². The van der Waals surface area contributed by atoms with Gasteiger partial charge in [0.2, 0.25) is 0 Å². The number of ether oxygens (including phenoxy) is 2. The SMILES string of the molecule is CC(C)CC(OC(=O)CCCCC(=O)OC(CC(C)C)C(C)C)C(C)C. The summed E-state index contributed by atoms with van der Waals surface area (Å²) in [6, 6.07) is 0. The average molecular weight is 371 g/mol. The Balaban J connectivity index is 4.12. The molecule has 0 aliphatic rings. The van der Waals surface area contributed by atoms with Crippen LogP contribution in [0.4, 0.5) is 0 Å². The molecule has 0 rings (SSSR count). The monoisotopic (exact) mass is 370 g/mol. The van der Waals surface area contributed by atoms with Gasteiger partial charge in [0.25, 0.3) is 0 Å². The van der Waals surface area contributed by atoms with Crippen LogP contribution in [0.15, 0.2) is 0 Å². The summed E-state index contributed by atoms with van der Waals surface area (Å²) in [5.74, 6) is 1.35. The van der Waals surface area contributed by atoms with E-state index in [-0.39, 0.29) is 24.1 Å². The molecule has 4 nitrogen and oxygen atoms in total. The molecule has 4 heteroatoms. The second kappa shape index (κ2) is 13.2. The third-order valence-electron chi connectivity index (χ3n) is 4.47. The Hall–Kier alpha value is -1.06. The molecule has 0 fully saturated rings. The predicted octanol–water partition coefficient (Wildman–Crippen LogP) is 5.77. The van der Waals surface area contributed by atoms with Gasteiger partial charge in [-0.2, -0.15) is 0 Å². The van der Waals surface area contributed by atoms with Crippen molar-refractivity contribution < 1.29 is 19.1 Å². The summed E-state index contributed by atoms with van der Waals surface area (Å²) >= 11 is 0. The van der Waals surface area contributed by atoms with Gasteiger partial charge in [0.1, 0.15) is 12.2 Å². The fraction of sp³-hybridized carbons (Fsp3) is 0.909. The van der Waals surface area contributed by atoms with Gasteiger partial charge in [0, 0.05) is 12.8 Å². The molecule has 154 valence electrons. The third-order valence-corrected chi connectivity index (χ3v) is 4.47. The molecule has 0 radical (unpaired) electrons. The maximum atomic E-state index is 12.0. The summed E-state index contributed by atoms with van der Waals surface area (Å²) in [6.07, 6.45) is 3.81. The first-order chi connectivity index (χ1) is 12.0. The number of unbranched alkanes of at least 4 members (excludes halogenated alkanes) is 1. The summed E-state index contributed by atoms with van der Waals surface area (Å²) < 4.78 is 11.2. The highest BCUT2D eigenvalue weighted by atomic mass is 16.5. The van der Waals surface area contributed by atoms with Gasteiger partial charge in [-0.25, -0.2) is 0 Å². The highest BCUT2D eigenvalue weighted by molar-refractivity contribution is 5.70. The molecule has 0 spiro atoms. The van der Waals surface area contributed by atoms with Crippen LogP contribution in [-0.2, 0) is 19.1 Å². The van der Waals surface area contributed by atoms with E-state index in [0.717, 1.165) is 12.8 Å². The Bertz CT molecular complexity index is 361. The average Bonchev–Trinajstić information content (AvgIpc) is 2.49. The van der Waals surface area contributed by atoms with Crippen LogP contribution < -0.4 is 0 Å². The largest absolute Gasteiger partial charge is 0.462 e. The van der Waals surface area contributed by atoms with Crippen LogP contribution in [0.5, 0.6) is 0 Å². The van der Waals surface area contributed by atoms with E-state index >= 15 is 0 Å². The van der Waals surface area contributed by atoms with Crippen molar-refractivity contribution in [1.82, 2.24) is 0 Å². The number of carbonyl (C=O) groups excluding carboxylic acids is 2. The van der Waals surface area contributed by atoms with E-state index in [1.807, 2.05) is 0 Å². The van der Waals surface area contributed by atoms with Gasteiger partial charge in [0.05, 0.1) is 0 Å². The third kappa shape index (κ3) is 12.3. The van der Waals surface area contributed by atoms with Crippen molar-refractivity contribution in [2.24, 2.45) is 23.7 Å². The Morgan fingerprint density at radius 1 is 0.615 bits per heavy atom. The van der Waals surface area contributed by atoms with Crippen LogP contribution in [0.1, 0.15) is 93.9 Å². The lowest BCUT2D eigenvalue weighted by atomic mass is 9.97. The molecule has 0 bridgehead atoms. The zero-order chi connectivity index (χ0) is 20.3. The maximum Gasteiger partial charge on any atom is 0.306 e. The molecule has 0 aliphatic heterocycles. The van der Waals surface area contributed by atoms with Crippen LogP contribution in [-0.4, -0.2) is 24.1 Å². The van der Waals surface area contributed by atoms with E-state index in [9.17, 15) is 9.59 Å². The highest BCUT2D eigenvalue weighted by Crippen LogP contribution is 2.19. The minimum Gasteiger partial charge on any atom is -0.462 e. The Morgan fingerprint density at radius 3 is 1.15 bits per heavy atom. The minimum atomic E-state index is -0.155. The zero-order valence-electron chi connectivity index (χ0n) is 18.3. The van der Waals surface area contributed by atoms with Gasteiger partial charge in [-0.1, -0.05) is 55.4 Å². The van der Waals surface area contributed by atoms with Crippen molar-refractivity contribution in [2.45, 2.75) is 106 Å². The van der Waals surface area contributed by atoms with Crippen LogP contribution in [0.3, 0.4) is 0 Å². The topological polar surface area (TPSA) is 52.6 Å². The van der Waals surface area contributed by atoms with Crippen molar-refractivity contribution in [3.8, 4) is 0 Å². The number of hydrogen-bond donors (Lipinski definition) is 0. The van der Waals surface area contributed by atoms with E-state index in [0.29, 0.717) is 49.4 Å². The van der Waals surface area contributed by atoms with Crippen molar-refractivity contribution in [2.75, 3.05) is 0 Å².